The number of hydrogen-bond acceptors (Lipinski definition) is 5. The minimum Gasteiger partial charge on any atom is -0.497 e. The molecule has 7 heteroatoms. The van der Waals surface area contributed by atoms with Gasteiger partial charge in [0.25, 0.3) is 0 Å². The number of halogens is 2. The van der Waals surface area contributed by atoms with Gasteiger partial charge in [-0.15, -0.1) is 0 Å². The molecule has 0 aliphatic heterocycles. The van der Waals surface area contributed by atoms with Gasteiger partial charge in [0.05, 0.1) is 28.9 Å². The first kappa shape index (κ1) is 21.5. The first-order valence-electron chi connectivity index (χ1n) is 9.66. The van der Waals surface area contributed by atoms with Crippen LogP contribution >= 0.6 is 11.6 Å². The molecule has 0 bridgehead atoms. The molecule has 160 valence electrons. The zero-order valence-electron chi connectivity index (χ0n) is 17.0. The number of benzene rings is 3. The van der Waals surface area contributed by atoms with Gasteiger partial charge in [0.15, 0.2) is 12.4 Å². The van der Waals surface area contributed by atoms with Crippen LogP contribution in [-0.2, 0) is 4.74 Å². The van der Waals surface area contributed by atoms with Gasteiger partial charge in [-0.2, -0.15) is 0 Å². The molecule has 0 N–H and O–H groups in total. The highest BCUT2D eigenvalue weighted by Gasteiger charge is 2.18. The van der Waals surface area contributed by atoms with E-state index in [0.29, 0.717) is 27.4 Å². The van der Waals surface area contributed by atoms with E-state index in [1.807, 2.05) is 12.1 Å². The molecule has 4 aromatic rings. The van der Waals surface area contributed by atoms with E-state index in [-0.39, 0.29) is 11.1 Å². The second-order valence-electron chi connectivity index (χ2n) is 6.93. The SMILES string of the molecule is COc1ccc(-c2cc(C(=O)OCC(=O)c3ccc(F)cc3)c3cccc(Cl)c3n2)cc1. The molecule has 5 nitrogen and oxygen atoms in total. The Hall–Kier alpha value is -3.77. The summed E-state index contributed by atoms with van der Waals surface area (Å²) < 4.78 is 23.5. The average Bonchev–Trinajstić information content (AvgIpc) is 2.82. The van der Waals surface area contributed by atoms with Crippen LogP contribution in [0.15, 0.2) is 72.8 Å². The molecular weight excluding hydrogens is 433 g/mol. The molecule has 0 saturated carbocycles. The van der Waals surface area contributed by atoms with Crippen LogP contribution in [0.5, 0.6) is 5.75 Å². The summed E-state index contributed by atoms with van der Waals surface area (Å²) in [6, 6.07) is 18.9. The minimum atomic E-state index is -0.690. The molecule has 0 atom stereocenters. The van der Waals surface area contributed by atoms with Crippen molar-refractivity contribution in [3.63, 3.8) is 0 Å². The Kier molecular flexibility index (Phi) is 6.14. The molecule has 0 amide bonds. The van der Waals surface area contributed by atoms with Crippen LogP contribution in [0, 0.1) is 5.82 Å². The van der Waals surface area contributed by atoms with E-state index >= 15 is 0 Å². The van der Waals surface area contributed by atoms with Crippen LogP contribution in [0.25, 0.3) is 22.2 Å². The Labute approximate surface area is 188 Å². The zero-order chi connectivity index (χ0) is 22.7. The number of rotatable bonds is 6. The third kappa shape index (κ3) is 4.45. The number of nitrogens with zero attached hydrogens (tertiary/aromatic N) is 1. The van der Waals surface area contributed by atoms with Crippen LogP contribution < -0.4 is 4.74 Å². The molecule has 0 aliphatic rings. The van der Waals surface area contributed by atoms with Gasteiger partial charge in [0, 0.05) is 16.5 Å². The Morgan fingerprint density at radius 1 is 1.00 bits per heavy atom. The topological polar surface area (TPSA) is 65.5 Å². The quantitative estimate of drug-likeness (QED) is 0.277. The van der Waals surface area contributed by atoms with E-state index in [1.54, 1.807) is 43.5 Å². The monoisotopic (exact) mass is 449 g/mol. The van der Waals surface area contributed by atoms with E-state index in [2.05, 4.69) is 4.98 Å². The Morgan fingerprint density at radius 2 is 1.72 bits per heavy atom. The number of para-hydroxylation sites is 1. The lowest BCUT2D eigenvalue weighted by Crippen LogP contribution is -2.15. The highest BCUT2D eigenvalue weighted by Crippen LogP contribution is 2.30. The van der Waals surface area contributed by atoms with Gasteiger partial charge in [0.2, 0.25) is 0 Å². The van der Waals surface area contributed by atoms with E-state index in [4.69, 9.17) is 21.1 Å². The fourth-order valence-electron chi connectivity index (χ4n) is 3.22. The molecule has 3 aromatic carbocycles. The Balaban J connectivity index is 1.67. The molecular formula is C25H17ClFNO4. The second kappa shape index (κ2) is 9.16. The van der Waals surface area contributed by atoms with Crippen molar-refractivity contribution in [1.82, 2.24) is 4.98 Å². The zero-order valence-corrected chi connectivity index (χ0v) is 17.7. The summed E-state index contributed by atoms with van der Waals surface area (Å²) in [5, 5.41) is 0.892. The maximum absolute atomic E-state index is 13.1. The fourth-order valence-corrected chi connectivity index (χ4v) is 3.44. The van der Waals surface area contributed by atoms with E-state index < -0.39 is 24.2 Å². The van der Waals surface area contributed by atoms with E-state index in [0.717, 1.165) is 5.56 Å². The van der Waals surface area contributed by atoms with Gasteiger partial charge >= 0.3 is 5.97 Å². The lowest BCUT2D eigenvalue weighted by Gasteiger charge is -2.11. The van der Waals surface area contributed by atoms with Crippen LogP contribution in [0.4, 0.5) is 4.39 Å². The number of ether oxygens (including phenoxy) is 2. The van der Waals surface area contributed by atoms with Crippen molar-refractivity contribution in [3.8, 4) is 17.0 Å². The molecule has 0 spiro atoms. The maximum Gasteiger partial charge on any atom is 0.339 e. The summed E-state index contributed by atoms with van der Waals surface area (Å²) in [7, 11) is 1.57. The number of aromatic nitrogens is 1. The lowest BCUT2D eigenvalue weighted by atomic mass is 10.0. The number of pyridine rings is 1. The highest BCUT2D eigenvalue weighted by atomic mass is 35.5. The summed E-state index contributed by atoms with van der Waals surface area (Å²) >= 11 is 6.34. The van der Waals surface area contributed by atoms with Crippen LogP contribution in [-0.4, -0.2) is 30.5 Å². The van der Waals surface area contributed by atoms with Crippen molar-refractivity contribution >= 4 is 34.3 Å². The first-order chi connectivity index (χ1) is 15.5. The lowest BCUT2D eigenvalue weighted by molar-refractivity contribution is 0.0476. The van der Waals surface area contributed by atoms with Crippen molar-refractivity contribution in [2.75, 3.05) is 13.7 Å². The van der Waals surface area contributed by atoms with Gasteiger partial charge < -0.3 is 9.47 Å². The molecule has 1 heterocycles. The largest absolute Gasteiger partial charge is 0.497 e. The summed E-state index contributed by atoms with van der Waals surface area (Å²) in [6.45, 7) is -0.479. The number of Topliss-reactive ketones (excluding diaryl/α,β-unsaturated/α-hetero) is 1. The van der Waals surface area contributed by atoms with Gasteiger partial charge in [0.1, 0.15) is 11.6 Å². The molecule has 0 unspecified atom stereocenters. The fraction of sp³-hybridized carbons (Fsp3) is 0.0800. The minimum absolute atomic E-state index is 0.232. The van der Waals surface area contributed by atoms with Crippen molar-refractivity contribution < 1.29 is 23.5 Å². The van der Waals surface area contributed by atoms with Gasteiger partial charge in [-0.05, 0) is 60.7 Å². The standard InChI is InChI=1S/C25H17ClFNO4/c1-31-18-11-7-15(8-12-18)22-13-20(19-3-2-4-21(26)24(19)28-22)25(30)32-14-23(29)16-5-9-17(27)10-6-16/h2-13H,14H2,1H3. The highest BCUT2D eigenvalue weighted by molar-refractivity contribution is 6.35. The molecule has 0 aliphatic carbocycles. The summed E-state index contributed by atoms with van der Waals surface area (Å²) in [5.41, 5.74) is 2.20. The molecule has 1 aromatic heterocycles. The number of ketones is 1. The maximum atomic E-state index is 13.1. The predicted octanol–water partition coefficient (Wildman–Crippen LogP) is 5.74. The van der Waals surface area contributed by atoms with Crippen LogP contribution in [0.1, 0.15) is 20.7 Å². The van der Waals surface area contributed by atoms with Crippen molar-refractivity contribution in [2.45, 2.75) is 0 Å². The van der Waals surface area contributed by atoms with Gasteiger partial charge in [-0.1, -0.05) is 23.7 Å². The van der Waals surface area contributed by atoms with Crippen LogP contribution in [0.2, 0.25) is 5.02 Å². The van der Waals surface area contributed by atoms with E-state index in [9.17, 15) is 14.0 Å². The molecule has 32 heavy (non-hydrogen) atoms. The molecule has 0 saturated heterocycles. The molecule has 0 fully saturated rings. The summed E-state index contributed by atoms with van der Waals surface area (Å²) in [4.78, 5) is 29.8. The number of carbonyl (C=O) groups excluding carboxylic acids is 2. The Bertz CT molecular complexity index is 1300. The first-order valence-corrected chi connectivity index (χ1v) is 10.0. The average molecular weight is 450 g/mol. The molecule has 0 radical (unpaired) electrons. The molecule has 4 rings (SSSR count). The second-order valence-corrected chi connectivity index (χ2v) is 7.33. The number of esters is 1. The Morgan fingerprint density at radius 3 is 2.41 bits per heavy atom. The van der Waals surface area contributed by atoms with Crippen molar-refractivity contribution in [2.24, 2.45) is 0 Å². The third-order valence-corrected chi connectivity index (χ3v) is 5.20. The van der Waals surface area contributed by atoms with Crippen molar-refractivity contribution in [1.29, 1.82) is 0 Å². The van der Waals surface area contributed by atoms with Crippen molar-refractivity contribution in [3.05, 3.63) is 94.8 Å². The predicted molar refractivity (Wildman–Crippen MR) is 120 cm³/mol. The summed E-state index contributed by atoms with van der Waals surface area (Å²) in [5.74, 6) is -0.897. The van der Waals surface area contributed by atoms with E-state index in [1.165, 1.54) is 24.3 Å². The third-order valence-electron chi connectivity index (χ3n) is 4.90. The number of hydrogen-bond donors (Lipinski definition) is 0. The van der Waals surface area contributed by atoms with Crippen LogP contribution in [0.3, 0.4) is 0 Å². The normalized spacial score (nSPS) is 10.7. The van der Waals surface area contributed by atoms with Gasteiger partial charge in [-0.3, -0.25) is 4.79 Å². The smallest absolute Gasteiger partial charge is 0.339 e. The number of carbonyl (C=O) groups is 2. The number of fused-ring (bicyclic) bond motifs is 1. The van der Waals surface area contributed by atoms with Gasteiger partial charge in [-0.25, -0.2) is 14.2 Å². The number of methoxy groups -OCH3 is 1. The summed E-state index contributed by atoms with van der Waals surface area (Å²) in [6.07, 6.45) is 0.